The van der Waals surface area contributed by atoms with Gasteiger partial charge in [-0.05, 0) is 20.0 Å². The summed E-state index contributed by atoms with van der Waals surface area (Å²) in [7, 11) is 5.73. The maximum absolute atomic E-state index is 12.6. The number of nitrogens with zero attached hydrogens (tertiary/aromatic N) is 4. The Balaban J connectivity index is 2.87. The first kappa shape index (κ1) is 15.5. The standard InChI is InChI=1S/C13H25N5O/c1-10(2)9-18(7-6-16(3)4)13(19)12-11(14)8-15-17(12)5/h8,10H,6-7,9,14H2,1-5H3. The number of amides is 1. The van der Waals surface area contributed by atoms with Gasteiger partial charge in [0.1, 0.15) is 5.69 Å². The van der Waals surface area contributed by atoms with E-state index < -0.39 is 0 Å². The molecule has 0 saturated carbocycles. The zero-order valence-electron chi connectivity index (χ0n) is 12.6. The van der Waals surface area contributed by atoms with Crippen LogP contribution in [-0.4, -0.2) is 59.2 Å². The van der Waals surface area contributed by atoms with Crippen molar-refractivity contribution in [2.24, 2.45) is 13.0 Å². The molecular weight excluding hydrogens is 242 g/mol. The van der Waals surface area contributed by atoms with E-state index >= 15 is 0 Å². The monoisotopic (exact) mass is 267 g/mol. The largest absolute Gasteiger partial charge is 0.396 e. The number of aryl methyl sites for hydroxylation is 1. The zero-order chi connectivity index (χ0) is 14.6. The van der Waals surface area contributed by atoms with Gasteiger partial charge < -0.3 is 15.5 Å². The van der Waals surface area contributed by atoms with E-state index in [1.54, 1.807) is 11.7 Å². The molecule has 0 unspecified atom stereocenters. The number of carbonyl (C=O) groups excluding carboxylic acids is 1. The van der Waals surface area contributed by atoms with Crippen molar-refractivity contribution in [1.29, 1.82) is 0 Å². The quantitative estimate of drug-likeness (QED) is 0.822. The Bertz CT molecular complexity index is 405. The van der Waals surface area contributed by atoms with Crippen LogP contribution < -0.4 is 5.73 Å². The van der Waals surface area contributed by atoms with Crippen molar-refractivity contribution in [1.82, 2.24) is 19.6 Å². The van der Waals surface area contributed by atoms with Crippen LogP contribution in [0.15, 0.2) is 6.20 Å². The van der Waals surface area contributed by atoms with Crippen molar-refractivity contribution < 1.29 is 4.79 Å². The predicted molar refractivity (Wildman–Crippen MR) is 76.9 cm³/mol. The topological polar surface area (TPSA) is 67.4 Å². The second-order valence-corrected chi connectivity index (χ2v) is 5.52. The van der Waals surface area contributed by atoms with E-state index in [2.05, 4.69) is 23.8 Å². The molecule has 0 aromatic carbocycles. The predicted octanol–water partition coefficient (Wildman–Crippen LogP) is 0.662. The molecule has 0 aliphatic rings. The number of carbonyl (C=O) groups is 1. The third kappa shape index (κ3) is 4.24. The molecule has 6 nitrogen and oxygen atoms in total. The van der Waals surface area contributed by atoms with Crippen LogP contribution >= 0.6 is 0 Å². The van der Waals surface area contributed by atoms with Gasteiger partial charge in [0, 0.05) is 26.7 Å². The smallest absolute Gasteiger partial charge is 0.274 e. The summed E-state index contributed by atoms with van der Waals surface area (Å²) in [6.07, 6.45) is 1.52. The Morgan fingerprint density at radius 3 is 2.47 bits per heavy atom. The first-order valence-electron chi connectivity index (χ1n) is 6.54. The molecule has 1 heterocycles. The number of nitrogen functional groups attached to an aromatic ring is 1. The lowest BCUT2D eigenvalue weighted by Gasteiger charge is -2.26. The van der Waals surface area contributed by atoms with Crippen molar-refractivity contribution in [2.45, 2.75) is 13.8 Å². The Morgan fingerprint density at radius 2 is 2.05 bits per heavy atom. The van der Waals surface area contributed by atoms with Gasteiger partial charge in [0.05, 0.1) is 11.9 Å². The molecule has 0 aliphatic carbocycles. The van der Waals surface area contributed by atoms with Gasteiger partial charge in [-0.2, -0.15) is 5.10 Å². The Labute approximate surface area is 115 Å². The molecule has 19 heavy (non-hydrogen) atoms. The third-order valence-electron chi connectivity index (χ3n) is 2.86. The molecule has 1 amide bonds. The first-order chi connectivity index (χ1) is 8.82. The van der Waals surface area contributed by atoms with Crippen molar-refractivity contribution in [2.75, 3.05) is 39.5 Å². The normalized spacial score (nSPS) is 11.3. The minimum absolute atomic E-state index is 0.0481. The Hall–Kier alpha value is -1.56. The molecule has 2 N–H and O–H groups in total. The van der Waals surface area contributed by atoms with Gasteiger partial charge in [0.2, 0.25) is 0 Å². The van der Waals surface area contributed by atoms with Gasteiger partial charge in [-0.3, -0.25) is 9.48 Å². The molecule has 1 aromatic heterocycles. The summed E-state index contributed by atoms with van der Waals surface area (Å²) in [5, 5.41) is 4.03. The molecular formula is C13H25N5O. The minimum Gasteiger partial charge on any atom is -0.396 e. The molecule has 1 aromatic rings. The average Bonchev–Trinajstić information content (AvgIpc) is 2.63. The number of rotatable bonds is 6. The Kier molecular flexibility index (Phi) is 5.35. The number of anilines is 1. The van der Waals surface area contributed by atoms with Gasteiger partial charge in [-0.1, -0.05) is 13.8 Å². The van der Waals surface area contributed by atoms with E-state index in [0.717, 1.165) is 13.1 Å². The lowest BCUT2D eigenvalue weighted by Crippen LogP contribution is -2.40. The van der Waals surface area contributed by atoms with Gasteiger partial charge in [0.15, 0.2) is 0 Å². The first-order valence-corrected chi connectivity index (χ1v) is 6.54. The lowest BCUT2D eigenvalue weighted by atomic mass is 10.2. The van der Waals surface area contributed by atoms with Crippen molar-refractivity contribution >= 4 is 11.6 Å². The summed E-state index contributed by atoms with van der Waals surface area (Å²) in [4.78, 5) is 16.5. The molecule has 0 bridgehead atoms. The number of hydrogen-bond donors (Lipinski definition) is 1. The number of hydrogen-bond acceptors (Lipinski definition) is 4. The van der Waals surface area contributed by atoms with Gasteiger partial charge in [-0.25, -0.2) is 0 Å². The Morgan fingerprint density at radius 1 is 1.42 bits per heavy atom. The number of aromatic nitrogens is 2. The molecule has 0 radical (unpaired) electrons. The second-order valence-electron chi connectivity index (χ2n) is 5.52. The molecule has 0 aliphatic heterocycles. The molecule has 0 saturated heterocycles. The van der Waals surface area contributed by atoms with Gasteiger partial charge in [0.25, 0.3) is 5.91 Å². The summed E-state index contributed by atoms with van der Waals surface area (Å²) >= 11 is 0. The SMILES string of the molecule is CC(C)CN(CCN(C)C)C(=O)c1c(N)cnn1C. The third-order valence-corrected chi connectivity index (χ3v) is 2.86. The van der Waals surface area contributed by atoms with E-state index in [1.807, 2.05) is 19.0 Å². The molecule has 108 valence electrons. The van der Waals surface area contributed by atoms with E-state index in [1.165, 1.54) is 6.20 Å². The summed E-state index contributed by atoms with van der Waals surface area (Å²) in [5.41, 5.74) is 6.73. The van der Waals surface area contributed by atoms with Crippen LogP contribution in [0.4, 0.5) is 5.69 Å². The van der Waals surface area contributed by atoms with Crippen molar-refractivity contribution in [3.05, 3.63) is 11.9 Å². The average molecular weight is 267 g/mol. The van der Waals surface area contributed by atoms with Crippen LogP contribution in [0.1, 0.15) is 24.3 Å². The molecule has 0 spiro atoms. The lowest BCUT2D eigenvalue weighted by molar-refractivity contribution is 0.0714. The fourth-order valence-corrected chi connectivity index (χ4v) is 1.90. The summed E-state index contributed by atoms with van der Waals surface area (Å²) in [6.45, 7) is 6.44. The van der Waals surface area contributed by atoms with E-state index in [0.29, 0.717) is 23.8 Å². The highest BCUT2D eigenvalue weighted by atomic mass is 16.2. The van der Waals surface area contributed by atoms with E-state index in [9.17, 15) is 4.79 Å². The molecule has 1 rings (SSSR count). The minimum atomic E-state index is -0.0481. The van der Waals surface area contributed by atoms with Crippen LogP contribution in [-0.2, 0) is 7.05 Å². The maximum atomic E-state index is 12.6. The van der Waals surface area contributed by atoms with Crippen LogP contribution in [0.5, 0.6) is 0 Å². The fraction of sp³-hybridized carbons (Fsp3) is 0.692. The highest BCUT2D eigenvalue weighted by molar-refractivity contribution is 5.97. The van der Waals surface area contributed by atoms with Crippen LogP contribution in [0.3, 0.4) is 0 Å². The second kappa shape index (κ2) is 6.56. The summed E-state index contributed by atoms with van der Waals surface area (Å²) in [5.74, 6) is 0.369. The van der Waals surface area contributed by atoms with Crippen LogP contribution in [0.2, 0.25) is 0 Å². The highest BCUT2D eigenvalue weighted by Gasteiger charge is 2.22. The molecule has 6 heteroatoms. The van der Waals surface area contributed by atoms with Gasteiger partial charge >= 0.3 is 0 Å². The summed E-state index contributed by atoms with van der Waals surface area (Å²) < 4.78 is 1.54. The van der Waals surface area contributed by atoms with Gasteiger partial charge in [-0.15, -0.1) is 0 Å². The zero-order valence-corrected chi connectivity index (χ0v) is 12.6. The van der Waals surface area contributed by atoms with Crippen molar-refractivity contribution in [3.8, 4) is 0 Å². The summed E-state index contributed by atoms with van der Waals surface area (Å²) in [6, 6.07) is 0. The van der Waals surface area contributed by atoms with Crippen molar-refractivity contribution in [3.63, 3.8) is 0 Å². The van der Waals surface area contributed by atoms with E-state index in [4.69, 9.17) is 5.73 Å². The van der Waals surface area contributed by atoms with Crippen LogP contribution in [0, 0.1) is 5.92 Å². The van der Waals surface area contributed by atoms with E-state index in [-0.39, 0.29) is 5.91 Å². The fourth-order valence-electron chi connectivity index (χ4n) is 1.90. The number of likely N-dealkylation sites (N-methyl/N-ethyl adjacent to an activating group) is 1. The highest BCUT2D eigenvalue weighted by Crippen LogP contribution is 2.13. The molecule has 0 atom stereocenters. The molecule has 0 fully saturated rings. The number of nitrogens with two attached hydrogens (primary N) is 1. The maximum Gasteiger partial charge on any atom is 0.274 e. The van der Waals surface area contributed by atoms with Crippen LogP contribution in [0.25, 0.3) is 0 Å².